The summed E-state index contributed by atoms with van der Waals surface area (Å²) in [5, 5.41) is 8.77. The maximum absolute atomic E-state index is 12.3. The van der Waals surface area contributed by atoms with Crippen molar-refractivity contribution in [1.29, 1.82) is 5.26 Å². The molecule has 0 aliphatic carbocycles. The molecule has 0 radical (unpaired) electrons. The van der Waals surface area contributed by atoms with Gasteiger partial charge in [0.1, 0.15) is 0 Å². The summed E-state index contributed by atoms with van der Waals surface area (Å²) < 4.78 is 0. The van der Waals surface area contributed by atoms with Gasteiger partial charge in [-0.15, -0.1) is 0 Å². The lowest BCUT2D eigenvalue weighted by atomic mass is 10.1. The Morgan fingerprint density at radius 1 is 1.33 bits per heavy atom. The van der Waals surface area contributed by atoms with Crippen LogP contribution in [0, 0.1) is 11.3 Å². The second kappa shape index (κ2) is 6.64. The van der Waals surface area contributed by atoms with E-state index in [1.165, 1.54) is 0 Å². The molecule has 5 nitrogen and oxygen atoms in total. The predicted octanol–water partition coefficient (Wildman–Crippen LogP) is 1.68. The van der Waals surface area contributed by atoms with E-state index in [0.29, 0.717) is 29.9 Å². The van der Waals surface area contributed by atoms with Crippen molar-refractivity contribution in [1.82, 2.24) is 9.88 Å². The molecule has 2 rings (SSSR count). The number of pyridine rings is 1. The van der Waals surface area contributed by atoms with Crippen molar-refractivity contribution in [3.05, 3.63) is 65.0 Å². The van der Waals surface area contributed by atoms with Gasteiger partial charge >= 0.3 is 0 Å². The zero-order chi connectivity index (χ0) is 15.2. The molecule has 0 unspecified atom stereocenters. The summed E-state index contributed by atoms with van der Waals surface area (Å²) >= 11 is 0. The van der Waals surface area contributed by atoms with Crippen molar-refractivity contribution in [3.8, 4) is 6.07 Å². The number of carbonyl (C=O) groups excluding carboxylic acids is 1. The van der Waals surface area contributed by atoms with Gasteiger partial charge < -0.3 is 10.6 Å². The van der Waals surface area contributed by atoms with Crippen LogP contribution >= 0.6 is 0 Å². The summed E-state index contributed by atoms with van der Waals surface area (Å²) in [6, 6.07) is 12.6. The van der Waals surface area contributed by atoms with E-state index in [-0.39, 0.29) is 5.91 Å². The quantitative estimate of drug-likeness (QED) is 0.923. The standard InChI is InChI=1S/C16H16N4O/c1-20(11-13-4-2-12(9-17)3-5-13)16(21)14-6-7-19-15(8-14)10-18/h2-8H,10-11,18H2,1H3. The maximum atomic E-state index is 12.3. The fourth-order valence-electron chi connectivity index (χ4n) is 1.97. The average molecular weight is 280 g/mol. The first-order valence-electron chi connectivity index (χ1n) is 6.53. The van der Waals surface area contributed by atoms with Gasteiger partial charge in [0, 0.05) is 31.9 Å². The molecular weight excluding hydrogens is 264 g/mol. The lowest BCUT2D eigenvalue weighted by Gasteiger charge is -2.17. The van der Waals surface area contributed by atoms with E-state index in [4.69, 9.17) is 11.0 Å². The van der Waals surface area contributed by atoms with Gasteiger partial charge in [-0.1, -0.05) is 12.1 Å². The minimum absolute atomic E-state index is 0.0866. The second-order valence-electron chi connectivity index (χ2n) is 4.71. The summed E-state index contributed by atoms with van der Waals surface area (Å²) in [7, 11) is 1.74. The first-order valence-corrected chi connectivity index (χ1v) is 6.53. The third kappa shape index (κ3) is 3.65. The van der Waals surface area contributed by atoms with Gasteiger partial charge in [0.15, 0.2) is 0 Å². The first-order chi connectivity index (χ1) is 10.1. The van der Waals surface area contributed by atoms with Crippen LogP contribution < -0.4 is 5.73 Å². The Morgan fingerprint density at radius 3 is 2.67 bits per heavy atom. The van der Waals surface area contributed by atoms with E-state index in [0.717, 1.165) is 5.56 Å². The molecule has 1 amide bonds. The Labute approximate surface area is 123 Å². The smallest absolute Gasteiger partial charge is 0.254 e. The number of nitrogens with zero attached hydrogens (tertiary/aromatic N) is 3. The molecule has 1 heterocycles. The Hall–Kier alpha value is -2.71. The molecule has 0 bridgehead atoms. The summed E-state index contributed by atoms with van der Waals surface area (Å²) in [6.07, 6.45) is 1.59. The number of rotatable bonds is 4. The van der Waals surface area contributed by atoms with E-state index in [9.17, 15) is 4.79 Å². The summed E-state index contributed by atoms with van der Waals surface area (Å²) in [6.45, 7) is 0.783. The van der Waals surface area contributed by atoms with Crippen LogP contribution in [0.4, 0.5) is 0 Å². The van der Waals surface area contributed by atoms with Crippen molar-refractivity contribution < 1.29 is 4.79 Å². The van der Waals surface area contributed by atoms with Gasteiger partial charge in [-0.2, -0.15) is 5.26 Å². The highest BCUT2D eigenvalue weighted by atomic mass is 16.2. The van der Waals surface area contributed by atoms with E-state index >= 15 is 0 Å². The highest BCUT2D eigenvalue weighted by Gasteiger charge is 2.12. The Balaban J connectivity index is 2.09. The molecule has 0 saturated heterocycles. The van der Waals surface area contributed by atoms with Gasteiger partial charge in [-0.25, -0.2) is 0 Å². The Morgan fingerprint density at radius 2 is 2.05 bits per heavy atom. The number of hydrogen-bond donors (Lipinski definition) is 1. The van der Waals surface area contributed by atoms with Crippen LogP contribution in [0.25, 0.3) is 0 Å². The molecule has 0 aliphatic heterocycles. The molecule has 0 fully saturated rings. The molecule has 0 aliphatic rings. The Kier molecular flexibility index (Phi) is 4.64. The third-order valence-corrected chi connectivity index (χ3v) is 3.12. The highest BCUT2D eigenvalue weighted by Crippen LogP contribution is 2.10. The Bertz CT molecular complexity index is 673. The molecule has 5 heteroatoms. The molecule has 0 saturated carbocycles. The zero-order valence-electron chi connectivity index (χ0n) is 11.8. The highest BCUT2D eigenvalue weighted by molar-refractivity contribution is 5.94. The van der Waals surface area contributed by atoms with Crippen LogP contribution in [0.2, 0.25) is 0 Å². The van der Waals surface area contributed by atoms with Crippen molar-refractivity contribution in [2.75, 3.05) is 7.05 Å². The van der Waals surface area contributed by atoms with Crippen molar-refractivity contribution in [2.45, 2.75) is 13.1 Å². The zero-order valence-corrected chi connectivity index (χ0v) is 11.8. The largest absolute Gasteiger partial charge is 0.337 e. The monoisotopic (exact) mass is 280 g/mol. The molecule has 106 valence electrons. The van der Waals surface area contributed by atoms with Crippen molar-refractivity contribution in [2.24, 2.45) is 5.73 Å². The molecule has 0 spiro atoms. The average Bonchev–Trinajstić information content (AvgIpc) is 2.54. The van der Waals surface area contributed by atoms with Crippen LogP contribution in [0.1, 0.15) is 27.2 Å². The number of carbonyl (C=O) groups is 1. The van der Waals surface area contributed by atoms with Crippen molar-refractivity contribution >= 4 is 5.91 Å². The second-order valence-corrected chi connectivity index (χ2v) is 4.71. The van der Waals surface area contributed by atoms with Gasteiger partial charge in [0.2, 0.25) is 0 Å². The third-order valence-electron chi connectivity index (χ3n) is 3.12. The lowest BCUT2D eigenvalue weighted by Crippen LogP contribution is -2.26. The molecular formula is C16H16N4O. The normalized spacial score (nSPS) is 9.95. The van der Waals surface area contributed by atoms with Crippen LogP contribution in [-0.2, 0) is 13.1 Å². The number of aromatic nitrogens is 1. The van der Waals surface area contributed by atoms with Gasteiger partial charge in [-0.05, 0) is 29.8 Å². The van der Waals surface area contributed by atoms with Crippen molar-refractivity contribution in [3.63, 3.8) is 0 Å². The van der Waals surface area contributed by atoms with Crippen LogP contribution in [0.3, 0.4) is 0 Å². The maximum Gasteiger partial charge on any atom is 0.254 e. The SMILES string of the molecule is CN(Cc1ccc(C#N)cc1)C(=O)c1ccnc(CN)c1. The van der Waals surface area contributed by atoms with E-state index in [2.05, 4.69) is 11.1 Å². The van der Waals surface area contributed by atoms with E-state index in [1.54, 1.807) is 42.4 Å². The summed E-state index contributed by atoms with van der Waals surface area (Å²) in [5.74, 6) is -0.0866. The van der Waals surface area contributed by atoms with Crippen LogP contribution in [0.5, 0.6) is 0 Å². The molecule has 21 heavy (non-hydrogen) atoms. The van der Waals surface area contributed by atoms with Gasteiger partial charge in [0.25, 0.3) is 5.91 Å². The minimum atomic E-state index is -0.0866. The fourth-order valence-corrected chi connectivity index (χ4v) is 1.97. The fraction of sp³-hybridized carbons (Fsp3) is 0.188. The van der Waals surface area contributed by atoms with Gasteiger partial charge in [0.05, 0.1) is 17.3 Å². The number of nitriles is 1. The number of hydrogen-bond acceptors (Lipinski definition) is 4. The van der Waals surface area contributed by atoms with Crippen LogP contribution in [-0.4, -0.2) is 22.8 Å². The van der Waals surface area contributed by atoms with E-state index in [1.807, 2.05) is 12.1 Å². The first kappa shape index (κ1) is 14.7. The lowest BCUT2D eigenvalue weighted by molar-refractivity contribution is 0.0785. The topological polar surface area (TPSA) is 83.0 Å². The number of benzene rings is 1. The van der Waals surface area contributed by atoms with Gasteiger partial charge in [-0.3, -0.25) is 9.78 Å². The molecule has 0 atom stereocenters. The molecule has 2 aromatic rings. The predicted molar refractivity (Wildman–Crippen MR) is 79.1 cm³/mol. The number of nitrogens with two attached hydrogens (primary N) is 1. The minimum Gasteiger partial charge on any atom is -0.337 e. The van der Waals surface area contributed by atoms with Crippen LogP contribution in [0.15, 0.2) is 42.6 Å². The molecule has 1 aromatic heterocycles. The summed E-state index contributed by atoms with van der Waals surface area (Å²) in [4.78, 5) is 18.0. The molecule has 1 aromatic carbocycles. The van der Waals surface area contributed by atoms with E-state index < -0.39 is 0 Å². The number of amides is 1. The molecule has 2 N–H and O–H groups in total. The summed E-state index contributed by atoms with van der Waals surface area (Å²) in [5.41, 5.74) is 8.37.